The second kappa shape index (κ2) is 5.16. The molecule has 0 aromatic heterocycles. The summed E-state index contributed by atoms with van der Waals surface area (Å²) in [7, 11) is 1.51. The number of ether oxygens (including phenoxy) is 1. The second-order valence-corrected chi connectivity index (χ2v) is 2.86. The number of methoxy groups -OCH3 is 1. The van der Waals surface area contributed by atoms with E-state index in [2.05, 4.69) is 5.32 Å². The molecule has 0 atom stereocenters. The standard InChI is InChI=1S/C9H13N3O3/c1-15-7-2-3-9(12(13)14)8(6-7)11-5-4-10/h2-3,6,11H,4-5,10H2,1H3. The third-order valence-corrected chi connectivity index (χ3v) is 1.86. The molecule has 0 spiro atoms. The molecule has 3 N–H and O–H groups in total. The van der Waals surface area contributed by atoms with Crippen molar-refractivity contribution in [2.45, 2.75) is 0 Å². The van der Waals surface area contributed by atoms with Gasteiger partial charge in [0.05, 0.1) is 12.0 Å². The van der Waals surface area contributed by atoms with Crippen molar-refractivity contribution in [1.29, 1.82) is 0 Å². The minimum atomic E-state index is -0.446. The van der Waals surface area contributed by atoms with E-state index in [0.29, 0.717) is 24.5 Å². The average molecular weight is 211 g/mol. The minimum Gasteiger partial charge on any atom is -0.497 e. The molecule has 15 heavy (non-hydrogen) atoms. The van der Waals surface area contributed by atoms with Crippen LogP contribution in [0.15, 0.2) is 18.2 Å². The van der Waals surface area contributed by atoms with Gasteiger partial charge in [-0.1, -0.05) is 0 Å². The van der Waals surface area contributed by atoms with Gasteiger partial charge in [0.1, 0.15) is 11.4 Å². The summed E-state index contributed by atoms with van der Waals surface area (Å²) in [6.45, 7) is 0.891. The maximum absolute atomic E-state index is 10.7. The van der Waals surface area contributed by atoms with Gasteiger partial charge < -0.3 is 15.8 Å². The molecular weight excluding hydrogens is 198 g/mol. The number of nitrogens with one attached hydrogen (secondary N) is 1. The lowest BCUT2D eigenvalue weighted by Crippen LogP contribution is -2.14. The van der Waals surface area contributed by atoms with E-state index in [0.717, 1.165) is 0 Å². The molecule has 0 heterocycles. The van der Waals surface area contributed by atoms with Crippen LogP contribution in [-0.4, -0.2) is 25.1 Å². The molecule has 1 rings (SSSR count). The quantitative estimate of drug-likeness (QED) is 0.559. The Morgan fingerprint density at radius 3 is 2.87 bits per heavy atom. The van der Waals surface area contributed by atoms with Crippen molar-refractivity contribution < 1.29 is 9.66 Å². The van der Waals surface area contributed by atoms with E-state index in [-0.39, 0.29) is 5.69 Å². The largest absolute Gasteiger partial charge is 0.497 e. The van der Waals surface area contributed by atoms with Crippen LogP contribution in [0.4, 0.5) is 11.4 Å². The summed E-state index contributed by atoms with van der Waals surface area (Å²) in [6.07, 6.45) is 0. The molecule has 0 bridgehead atoms. The summed E-state index contributed by atoms with van der Waals surface area (Å²) in [4.78, 5) is 10.2. The maximum atomic E-state index is 10.7. The third-order valence-electron chi connectivity index (χ3n) is 1.86. The van der Waals surface area contributed by atoms with Gasteiger partial charge >= 0.3 is 0 Å². The molecule has 0 radical (unpaired) electrons. The Morgan fingerprint density at radius 1 is 1.60 bits per heavy atom. The Morgan fingerprint density at radius 2 is 2.33 bits per heavy atom. The van der Waals surface area contributed by atoms with Crippen LogP contribution in [-0.2, 0) is 0 Å². The predicted octanol–water partition coefficient (Wildman–Crippen LogP) is 0.974. The van der Waals surface area contributed by atoms with Crippen LogP contribution < -0.4 is 15.8 Å². The van der Waals surface area contributed by atoms with Gasteiger partial charge in [0.15, 0.2) is 0 Å². The second-order valence-electron chi connectivity index (χ2n) is 2.86. The van der Waals surface area contributed by atoms with Crippen molar-refractivity contribution in [1.82, 2.24) is 0 Å². The molecule has 6 heteroatoms. The number of nitro groups is 1. The highest BCUT2D eigenvalue weighted by Crippen LogP contribution is 2.28. The lowest BCUT2D eigenvalue weighted by atomic mass is 10.2. The number of nitrogens with zero attached hydrogens (tertiary/aromatic N) is 1. The number of benzene rings is 1. The van der Waals surface area contributed by atoms with E-state index in [1.165, 1.54) is 13.2 Å². The first-order valence-corrected chi connectivity index (χ1v) is 4.45. The van der Waals surface area contributed by atoms with Gasteiger partial charge in [0.2, 0.25) is 0 Å². The van der Waals surface area contributed by atoms with Crippen molar-refractivity contribution >= 4 is 11.4 Å². The van der Waals surface area contributed by atoms with Gasteiger partial charge in [-0.05, 0) is 6.07 Å². The number of nitrogens with two attached hydrogens (primary N) is 1. The molecule has 0 saturated carbocycles. The van der Waals surface area contributed by atoms with Crippen LogP contribution in [0.25, 0.3) is 0 Å². The highest BCUT2D eigenvalue weighted by molar-refractivity contribution is 5.64. The number of hydrogen-bond donors (Lipinski definition) is 2. The summed E-state index contributed by atoms with van der Waals surface area (Å²) >= 11 is 0. The van der Waals surface area contributed by atoms with E-state index in [4.69, 9.17) is 10.5 Å². The Kier molecular flexibility index (Phi) is 3.87. The molecule has 6 nitrogen and oxygen atoms in total. The van der Waals surface area contributed by atoms with Gasteiger partial charge in [-0.2, -0.15) is 0 Å². The summed E-state index contributed by atoms with van der Waals surface area (Å²) in [5.41, 5.74) is 5.75. The van der Waals surface area contributed by atoms with Gasteiger partial charge in [0, 0.05) is 25.2 Å². The average Bonchev–Trinajstić information content (AvgIpc) is 2.25. The summed E-state index contributed by atoms with van der Waals surface area (Å²) in [5.74, 6) is 0.570. The van der Waals surface area contributed by atoms with Gasteiger partial charge in [-0.25, -0.2) is 0 Å². The topological polar surface area (TPSA) is 90.4 Å². The number of anilines is 1. The highest BCUT2D eigenvalue weighted by Gasteiger charge is 2.13. The zero-order valence-corrected chi connectivity index (χ0v) is 8.40. The first-order chi connectivity index (χ1) is 7.19. The lowest BCUT2D eigenvalue weighted by molar-refractivity contribution is -0.384. The monoisotopic (exact) mass is 211 g/mol. The summed E-state index contributed by atoms with van der Waals surface area (Å²) in [6, 6.07) is 4.53. The minimum absolute atomic E-state index is 0.0178. The molecule has 0 aliphatic rings. The summed E-state index contributed by atoms with van der Waals surface area (Å²) < 4.78 is 4.98. The molecule has 82 valence electrons. The number of hydrogen-bond acceptors (Lipinski definition) is 5. The molecule has 0 amide bonds. The van der Waals surface area contributed by atoms with Crippen LogP contribution in [0.1, 0.15) is 0 Å². The fourth-order valence-corrected chi connectivity index (χ4v) is 1.15. The fourth-order valence-electron chi connectivity index (χ4n) is 1.15. The van der Waals surface area contributed by atoms with Crippen molar-refractivity contribution in [3.05, 3.63) is 28.3 Å². The van der Waals surface area contributed by atoms with E-state index in [9.17, 15) is 10.1 Å². The molecule has 1 aromatic carbocycles. The molecule has 0 aliphatic carbocycles. The number of nitro benzene ring substituents is 1. The van der Waals surface area contributed by atoms with Crippen LogP contribution in [0.5, 0.6) is 5.75 Å². The first kappa shape index (κ1) is 11.3. The SMILES string of the molecule is COc1ccc([N+](=O)[O-])c(NCCN)c1. The highest BCUT2D eigenvalue weighted by atomic mass is 16.6. The molecule has 0 saturated heterocycles. The maximum Gasteiger partial charge on any atom is 0.292 e. The first-order valence-electron chi connectivity index (χ1n) is 4.45. The van der Waals surface area contributed by atoms with Crippen molar-refractivity contribution in [3.8, 4) is 5.75 Å². The number of rotatable bonds is 5. The van der Waals surface area contributed by atoms with E-state index >= 15 is 0 Å². The molecule has 0 fully saturated rings. The van der Waals surface area contributed by atoms with Crippen LogP contribution in [0.2, 0.25) is 0 Å². The molecular formula is C9H13N3O3. The Bertz CT molecular complexity index is 354. The normalized spacial score (nSPS) is 9.73. The van der Waals surface area contributed by atoms with E-state index in [1.807, 2.05) is 0 Å². The van der Waals surface area contributed by atoms with Crippen LogP contribution in [0.3, 0.4) is 0 Å². The van der Waals surface area contributed by atoms with Crippen molar-refractivity contribution in [2.75, 3.05) is 25.5 Å². The van der Waals surface area contributed by atoms with Crippen LogP contribution in [0, 0.1) is 10.1 Å². The Hall–Kier alpha value is -1.82. The third kappa shape index (κ3) is 2.81. The predicted molar refractivity (Wildman–Crippen MR) is 57.2 cm³/mol. The van der Waals surface area contributed by atoms with Gasteiger partial charge in [-0.15, -0.1) is 0 Å². The van der Waals surface area contributed by atoms with Gasteiger partial charge in [-0.3, -0.25) is 10.1 Å². The zero-order valence-electron chi connectivity index (χ0n) is 8.40. The zero-order chi connectivity index (χ0) is 11.3. The molecule has 0 aliphatic heterocycles. The molecule has 1 aromatic rings. The summed E-state index contributed by atoms with van der Waals surface area (Å²) in [5, 5.41) is 13.6. The van der Waals surface area contributed by atoms with E-state index in [1.54, 1.807) is 12.1 Å². The van der Waals surface area contributed by atoms with E-state index < -0.39 is 4.92 Å². The Balaban J connectivity index is 2.99. The van der Waals surface area contributed by atoms with Crippen LogP contribution >= 0.6 is 0 Å². The lowest BCUT2D eigenvalue weighted by Gasteiger charge is -2.07. The molecule has 0 unspecified atom stereocenters. The smallest absolute Gasteiger partial charge is 0.292 e. The van der Waals surface area contributed by atoms with Crippen molar-refractivity contribution in [3.63, 3.8) is 0 Å². The van der Waals surface area contributed by atoms with Crippen molar-refractivity contribution in [2.24, 2.45) is 5.73 Å². The van der Waals surface area contributed by atoms with Gasteiger partial charge in [0.25, 0.3) is 5.69 Å². The Labute approximate surface area is 87.2 Å². The fraction of sp³-hybridized carbons (Fsp3) is 0.333.